The predicted octanol–water partition coefficient (Wildman–Crippen LogP) is 4.88. The lowest BCUT2D eigenvalue weighted by Gasteiger charge is -2.21. The van der Waals surface area contributed by atoms with Gasteiger partial charge in [0.1, 0.15) is 22.3 Å². The van der Waals surface area contributed by atoms with Crippen LogP contribution in [0.25, 0.3) is 11.1 Å². The molecule has 4 rings (SSSR count). The molecule has 8 nitrogen and oxygen atoms in total. The largest absolute Gasteiger partial charge is 0.481 e. The number of rotatable bonds is 10. The monoisotopic (exact) mass is 582 g/mol. The summed E-state index contributed by atoms with van der Waals surface area (Å²) in [7, 11) is -3.24. The van der Waals surface area contributed by atoms with Gasteiger partial charge in [0.05, 0.1) is 23.8 Å². The molecule has 3 aromatic rings. The first-order valence-corrected chi connectivity index (χ1v) is 14.4. The van der Waals surface area contributed by atoms with Crippen LogP contribution in [-0.2, 0) is 40.3 Å². The number of carbonyl (C=O) groups is 1. The number of aliphatic carboxylic acids is 1. The standard InChI is InChI=1S/C27H26F4N2O6S/c1-40(36,37)8-2-7-38-25-12-22(27(29,30)31)21(14-33-25)17-5-6-23(28)20(9-17)15-39-24-11-16-3-4-18(26(34)35)10-19(16)13-32-24/h5-6,9,11-14,18H,2-4,7-8,10,15H2,1H3,(H,34,35). The summed E-state index contributed by atoms with van der Waals surface area (Å²) in [4.78, 5) is 19.3. The van der Waals surface area contributed by atoms with E-state index in [1.807, 2.05) is 0 Å². The number of carboxylic acid groups (broad SMARTS) is 1. The predicted molar refractivity (Wildman–Crippen MR) is 136 cm³/mol. The van der Waals surface area contributed by atoms with Crippen molar-refractivity contribution in [3.8, 4) is 22.9 Å². The van der Waals surface area contributed by atoms with Gasteiger partial charge in [0, 0.05) is 41.9 Å². The molecule has 40 heavy (non-hydrogen) atoms. The fourth-order valence-electron chi connectivity index (χ4n) is 4.39. The quantitative estimate of drug-likeness (QED) is 0.266. The lowest BCUT2D eigenvalue weighted by molar-refractivity contribution is -0.142. The number of sulfone groups is 1. The molecule has 2 aromatic heterocycles. The van der Waals surface area contributed by atoms with E-state index in [4.69, 9.17) is 9.47 Å². The number of hydrogen-bond donors (Lipinski definition) is 1. The zero-order valence-corrected chi connectivity index (χ0v) is 22.2. The van der Waals surface area contributed by atoms with Crippen molar-refractivity contribution in [1.82, 2.24) is 9.97 Å². The van der Waals surface area contributed by atoms with Gasteiger partial charge in [0.15, 0.2) is 0 Å². The average Bonchev–Trinajstić information content (AvgIpc) is 2.89. The Morgan fingerprint density at radius 2 is 1.80 bits per heavy atom. The van der Waals surface area contributed by atoms with E-state index >= 15 is 0 Å². The maximum atomic E-state index is 14.6. The molecule has 0 saturated heterocycles. The van der Waals surface area contributed by atoms with Crippen LogP contribution in [0, 0.1) is 11.7 Å². The number of fused-ring (bicyclic) bond motifs is 1. The Morgan fingerprint density at radius 1 is 1.07 bits per heavy atom. The maximum Gasteiger partial charge on any atom is 0.417 e. The molecular formula is C27H26F4N2O6S. The third-order valence-electron chi connectivity index (χ3n) is 6.46. The fraction of sp³-hybridized carbons (Fsp3) is 0.370. The molecule has 1 N–H and O–H groups in total. The Hall–Kier alpha value is -3.74. The first-order valence-electron chi connectivity index (χ1n) is 12.3. The number of hydrogen-bond acceptors (Lipinski definition) is 7. The Kier molecular flexibility index (Phi) is 8.62. The zero-order valence-electron chi connectivity index (χ0n) is 21.4. The zero-order chi connectivity index (χ0) is 29.1. The lowest BCUT2D eigenvalue weighted by Crippen LogP contribution is -2.22. The summed E-state index contributed by atoms with van der Waals surface area (Å²) >= 11 is 0. The Bertz CT molecular complexity index is 1510. The van der Waals surface area contributed by atoms with Gasteiger partial charge in [-0.2, -0.15) is 13.2 Å². The van der Waals surface area contributed by atoms with Gasteiger partial charge in [0.2, 0.25) is 11.8 Å². The number of carboxylic acids is 1. The molecular weight excluding hydrogens is 556 g/mol. The van der Waals surface area contributed by atoms with E-state index in [2.05, 4.69) is 9.97 Å². The maximum absolute atomic E-state index is 14.6. The van der Waals surface area contributed by atoms with Gasteiger partial charge in [-0.25, -0.2) is 22.8 Å². The molecule has 1 aromatic carbocycles. The van der Waals surface area contributed by atoms with E-state index in [1.165, 1.54) is 18.3 Å². The van der Waals surface area contributed by atoms with Gasteiger partial charge < -0.3 is 14.6 Å². The normalized spacial score (nSPS) is 15.4. The lowest BCUT2D eigenvalue weighted by atomic mass is 9.85. The molecule has 1 aliphatic carbocycles. The number of ether oxygens (including phenoxy) is 2. The molecule has 0 fully saturated rings. The molecule has 0 saturated carbocycles. The van der Waals surface area contributed by atoms with Gasteiger partial charge >= 0.3 is 12.1 Å². The highest BCUT2D eigenvalue weighted by atomic mass is 32.2. The molecule has 0 bridgehead atoms. The van der Waals surface area contributed by atoms with Crippen LogP contribution in [0.1, 0.15) is 35.1 Å². The van der Waals surface area contributed by atoms with Crippen LogP contribution in [0.2, 0.25) is 0 Å². The van der Waals surface area contributed by atoms with Crippen molar-refractivity contribution in [3.05, 3.63) is 70.8 Å². The fourth-order valence-corrected chi connectivity index (χ4v) is 5.03. The first kappa shape index (κ1) is 29.2. The minimum atomic E-state index is -4.78. The highest BCUT2D eigenvalue weighted by molar-refractivity contribution is 7.90. The molecule has 1 aliphatic rings. The number of alkyl halides is 3. The van der Waals surface area contributed by atoms with Crippen LogP contribution in [0.3, 0.4) is 0 Å². The SMILES string of the molecule is CS(=O)(=O)CCCOc1cc(C(F)(F)F)c(-c2ccc(F)c(COc3cc4c(cn3)CC(C(=O)O)CC4)c2)cn1. The molecule has 1 unspecified atom stereocenters. The van der Waals surface area contributed by atoms with Crippen molar-refractivity contribution in [3.63, 3.8) is 0 Å². The second-order valence-corrected chi connectivity index (χ2v) is 11.8. The van der Waals surface area contributed by atoms with Crippen molar-refractivity contribution in [2.24, 2.45) is 5.92 Å². The number of aryl methyl sites for hydroxylation is 1. The van der Waals surface area contributed by atoms with Crippen LogP contribution >= 0.6 is 0 Å². The highest BCUT2D eigenvalue weighted by Gasteiger charge is 2.35. The van der Waals surface area contributed by atoms with E-state index in [9.17, 15) is 35.9 Å². The van der Waals surface area contributed by atoms with Gasteiger partial charge in [-0.3, -0.25) is 4.79 Å². The van der Waals surface area contributed by atoms with Crippen molar-refractivity contribution in [1.29, 1.82) is 0 Å². The van der Waals surface area contributed by atoms with E-state index in [0.717, 1.165) is 35.7 Å². The average molecular weight is 583 g/mol. The van der Waals surface area contributed by atoms with Crippen molar-refractivity contribution < 1.29 is 45.4 Å². The summed E-state index contributed by atoms with van der Waals surface area (Å²) in [5.74, 6) is -2.33. The van der Waals surface area contributed by atoms with E-state index < -0.39 is 39.3 Å². The number of aromatic nitrogens is 2. The van der Waals surface area contributed by atoms with Gasteiger partial charge in [-0.15, -0.1) is 0 Å². The first-order chi connectivity index (χ1) is 18.8. The van der Waals surface area contributed by atoms with E-state index in [0.29, 0.717) is 19.3 Å². The molecule has 0 radical (unpaired) electrons. The van der Waals surface area contributed by atoms with Gasteiger partial charge in [-0.1, -0.05) is 6.07 Å². The summed E-state index contributed by atoms with van der Waals surface area (Å²) in [5.41, 5.74) is 0.399. The highest BCUT2D eigenvalue weighted by Crippen LogP contribution is 2.39. The van der Waals surface area contributed by atoms with Crippen LogP contribution in [0.5, 0.6) is 11.8 Å². The van der Waals surface area contributed by atoms with E-state index in [-0.39, 0.29) is 53.8 Å². The van der Waals surface area contributed by atoms with Crippen LogP contribution < -0.4 is 9.47 Å². The summed E-state index contributed by atoms with van der Waals surface area (Å²) in [6.07, 6.45) is 0.219. The third-order valence-corrected chi connectivity index (χ3v) is 7.49. The number of pyridine rings is 2. The summed E-state index contributed by atoms with van der Waals surface area (Å²) in [6.45, 7) is -0.439. The van der Waals surface area contributed by atoms with Crippen LogP contribution in [0.15, 0.2) is 42.7 Å². The Labute approximate surface area is 227 Å². The Balaban J connectivity index is 1.51. The third kappa shape index (κ3) is 7.46. The second-order valence-electron chi connectivity index (χ2n) is 9.56. The number of benzene rings is 1. The summed E-state index contributed by atoms with van der Waals surface area (Å²) in [6, 6.07) is 5.87. The smallest absolute Gasteiger partial charge is 0.417 e. The van der Waals surface area contributed by atoms with Crippen molar-refractivity contribution in [2.75, 3.05) is 18.6 Å². The number of nitrogens with zero attached hydrogens (tertiary/aromatic N) is 2. The Morgan fingerprint density at radius 3 is 2.50 bits per heavy atom. The van der Waals surface area contributed by atoms with E-state index in [1.54, 1.807) is 6.07 Å². The molecule has 214 valence electrons. The molecule has 0 amide bonds. The topological polar surface area (TPSA) is 116 Å². The molecule has 13 heteroatoms. The molecule has 0 spiro atoms. The molecule has 2 heterocycles. The van der Waals surface area contributed by atoms with Crippen molar-refractivity contribution in [2.45, 2.75) is 38.5 Å². The summed E-state index contributed by atoms with van der Waals surface area (Å²) in [5, 5.41) is 9.23. The van der Waals surface area contributed by atoms with Crippen molar-refractivity contribution >= 4 is 15.8 Å². The van der Waals surface area contributed by atoms with Gasteiger partial charge in [0.25, 0.3) is 0 Å². The number of halogens is 4. The van der Waals surface area contributed by atoms with Crippen LogP contribution in [0.4, 0.5) is 17.6 Å². The summed E-state index contributed by atoms with van der Waals surface area (Å²) < 4.78 is 89.6. The van der Waals surface area contributed by atoms with Gasteiger partial charge in [-0.05, 0) is 54.5 Å². The molecule has 0 aliphatic heterocycles. The molecule has 1 atom stereocenters. The van der Waals surface area contributed by atoms with Crippen LogP contribution in [-0.4, -0.2) is 48.1 Å². The minimum absolute atomic E-state index is 0.00260. The second kappa shape index (κ2) is 11.8. The minimum Gasteiger partial charge on any atom is -0.481 e.